The number of carbonyl (C=O) groups is 2. The number of benzene rings is 2. The van der Waals surface area contributed by atoms with Gasteiger partial charge in [0.1, 0.15) is 0 Å². The summed E-state index contributed by atoms with van der Waals surface area (Å²) >= 11 is 1.21. The Morgan fingerprint density at radius 3 is 2.63 bits per heavy atom. The highest BCUT2D eigenvalue weighted by Crippen LogP contribution is 2.35. The fourth-order valence-electron chi connectivity index (χ4n) is 2.71. The first-order valence-corrected chi connectivity index (χ1v) is 9.94. The summed E-state index contributed by atoms with van der Waals surface area (Å²) in [6.07, 6.45) is 3.32. The number of aliphatic imine (C=N–C) groups is 1. The molecule has 1 saturated heterocycles. The van der Waals surface area contributed by atoms with Crippen molar-refractivity contribution in [2.45, 2.75) is 6.92 Å². The third-order valence-electron chi connectivity index (χ3n) is 4.12. The molecule has 3 rings (SSSR count). The SMILES string of the molecule is C=CCN1C(=O)/C(=C/c2ccc(O)c(OCC)c2)SC1=Nc1ccc(C(=O)O)cc1. The summed E-state index contributed by atoms with van der Waals surface area (Å²) in [5.41, 5.74) is 1.40. The molecule has 0 atom stereocenters. The van der Waals surface area contributed by atoms with E-state index in [-0.39, 0.29) is 23.8 Å². The molecule has 0 bridgehead atoms. The molecule has 2 aromatic rings. The number of carboxylic acid groups (broad SMARTS) is 1. The van der Waals surface area contributed by atoms with Gasteiger partial charge >= 0.3 is 5.97 Å². The zero-order valence-corrected chi connectivity index (χ0v) is 17.1. The predicted octanol–water partition coefficient (Wildman–Crippen LogP) is 4.28. The quantitative estimate of drug-likeness (QED) is 0.508. The molecule has 2 N–H and O–H groups in total. The van der Waals surface area contributed by atoms with Gasteiger partial charge in [-0.05, 0) is 66.7 Å². The molecule has 1 amide bonds. The van der Waals surface area contributed by atoms with Crippen LogP contribution in [-0.4, -0.2) is 45.3 Å². The highest BCUT2D eigenvalue weighted by atomic mass is 32.2. The minimum atomic E-state index is -1.02. The van der Waals surface area contributed by atoms with Crippen LogP contribution < -0.4 is 4.74 Å². The van der Waals surface area contributed by atoms with E-state index in [1.165, 1.54) is 34.9 Å². The van der Waals surface area contributed by atoms with Crippen LogP contribution in [0.25, 0.3) is 6.08 Å². The largest absolute Gasteiger partial charge is 0.504 e. The second-order valence-corrected chi connectivity index (χ2v) is 7.23. The number of amides is 1. The van der Waals surface area contributed by atoms with Crippen molar-refractivity contribution >= 4 is 40.6 Å². The molecule has 0 aromatic heterocycles. The summed E-state index contributed by atoms with van der Waals surface area (Å²) in [7, 11) is 0. The second kappa shape index (κ2) is 9.32. The summed E-state index contributed by atoms with van der Waals surface area (Å²) < 4.78 is 5.39. The zero-order valence-electron chi connectivity index (χ0n) is 16.2. The summed E-state index contributed by atoms with van der Waals surface area (Å²) in [5, 5.41) is 19.3. The molecule has 1 heterocycles. The summed E-state index contributed by atoms with van der Waals surface area (Å²) in [4.78, 5) is 30.3. The van der Waals surface area contributed by atoms with Gasteiger partial charge in [-0.2, -0.15) is 0 Å². The Morgan fingerprint density at radius 1 is 1.27 bits per heavy atom. The number of aromatic hydroxyl groups is 1. The lowest BCUT2D eigenvalue weighted by Gasteiger charge is -2.12. The van der Waals surface area contributed by atoms with Crippen molar-refractivity contribution in [3.8, 4) is 11.5 Å². The van der Waals surface area contributed by atoms with Gasteiger partial charge in [0.05, 0.1) is 22.8 Å². The number of carbonyl (C=O) groups excluding carboxylic acids is 1. The van der Waals surface area contributed by atoms with E-state index < -0.39 is 5.97 Å². The molecule has 2 aromatic carbocycles. The van der Waals surface area contributed by atoms with Gasteiger partial charge in [-0.15, -0.1) is 6.58 Å². The first-order valence-electron chi connectivity index (χ1n) is 9.13. The molecule has 30 heavy (non-hydrogen) atoms. The Hall–Kier alpha value is -3.52. The smallest absolute Gasteiger partial charge is 0.335 e. The number of nitrogens with zero attached hydrogens (tertiary/aromatic N) is 2. The van der Waals surface area contributed by atoms with Gasteiger partial charge in [-0.25, -0.2) is 9.79 Å². The molecule has 0 aliphatic carbocycles. The van der Waals surface area contributed by atoms with Gasteiger partial charge in [0.25, 0.3) is 5.91 Å². The van der Waals surface area contributed by atoms with Gasteiger partial charge in [-0.1, -0.05) is 12.1 Å². The van der Waals surface area contributed by atoms with Gasteiger partial charge in [0, 0.05) is 6.54 Å². The number of aromatic carboxylic acids is 1. The highest BCUT2D eigenvalue weighted by molar-refractivity contribution is 8.18. The molecule has 7 nitrogen and oxygen atoms in total. The zero-order chi connectivity index (χ0) is 21.7. The van der Waals surface area contributed by atoms with Crippen molar-refractivity contribution in [1.29, 1.82) is 0 Å². The number of phenolic OH excluding ortho intramolecular Hbond substituents is 1. The second-order valence-electron chi connectivity index (χ2n) is 6.22. The van der Waals surface area contributed by atoms with Crippen LogP contribution in [0.4, 0.5) is 5.69 Å². The molecule has 154 valence electrons. The lowest BCUT2D eigenvalue weighted by Crippen LogP contribution is -2.29. The standard InChI is InChI=1S/C22H20N2O5S/c1-3-11-24-20(26)19(13-14-5-10-17(25)18(12-14)29-4-2)30-22(24)23-16-8-6-15(7-9-16)21(27)28/h3,5-10,12-13,25H,1,4,11H2,2H3,(H,27,28)/b19-13-,23-22?. The van der Waals surface area contributed by atoms with Crippen LogP contribution in [-0.2, 0) is 4.79 Å². The molecule has 0 unspecified atom stereocenters. The van der Waals surface area contributed by atoms with Crippen LogP contribution in [0.1, 0.15) is 22.8 Å². The molecule has 1 fully saturated rings. The van der Waals surface area contributed by atoms with E-state index in [2.05, 4.69) is 11.6 Å². The monoisotopic (exact) mass is 424 g/mol. The number of ether oxygens (including phenoxy) is 1. The van der Waals surface area contributed by atoms with Gasteiger partial charge in [0.15, 0.2) is 16.7 Å². The van der Waals surface area contributed by atoms with Crippen molar-refractivity contribution in [3.05, 3.63) is 71.2 Å². The van der Waals surface area contributed by atoms with E-state index in [1.807, 2.05) is 6.92 Å². The number of rotatable bonds is 7. The van der Waals surface area contributed by atoms with E-state index in [0.717, 1.165) is 0 Å². The number of hydrogen-bond acceptors (Lipinski definition) is 6. The number of amidine groups is 1. The first kappa shape index (κ1) is 21.2. The fourth-order valence-corrected chi connectivity index (χ4v) is 3.72. The van der Waals surface area contributed by atoms with Crippen molar-refractivity contribution in [1.82, 2.24) is 4.90 Å². The molecule has 0 spiro atoms. The van der Waals surface area contributed by atoms with Crippen LogP contribution in [0.15, 0.2) is 65.0 Å². The fraction of sp³-hybridized carbons (Fsp3) is 0.136. The minimum Gasteiger partial charge on any atom is -0.504 e. The lowest BCUT2D eigenvalue weighted by molar-refractivity contribution is -0.121. The van der Waals surface area contributed by atoms with E-state index in [9.17, 15) is 14.7 Å². The van der Waals surface area contributed by atoms with Crippen molar-refractivity contribution in [2.24, 2.45) is 4.99 Å². The maximum Gasteiger partial charge on any atom is 0.335 e. The normalized spacial score (nSPS) is 16.3. The number of hydrogen-bond donors (Lipinski definition) is 2. The average Bonchev–Trinajstić information content (AvgIpc) is 3.00. The lowest BCUT2D eigenvalue weighted by atomic mass is 10.2. The highest BCUT2D eigenvalue weighted by Gasteiger charge is 2.32. The Balaban J connectivity index is 1.92. The van der Waals surface area contributed by atoms with Crippen LogP contribution >= 0.6 is 11.8 Å². The minimum absolute atomic E-state index is 0.0322. The van der Waals surface area contributed by atoms with E-state index >= 15 is 0 Å². The Labute approximate surface area is 178 Å². The first-order chi connectivity index (χ1) is 14.4. The maximum atomic E-state index is 12.9. The van der Waals surface area contributed by atoms with Crippen molar-refractivity contribution < 1.29 is 24.5 Å². The third-order valence-corrected chi connectivity index (χ3v) is 5.13. The molecule has 8 heteroatoms. The van der Waals surface area contributed by atoms with E-state index in [0.29, 0.717) is 33.7 Å². The molecular formula is C22H20N2O5S. The predicted molar refractivity (Wildman–Crippen MR) is 117 cm³/mol. The third kappa shape index (κ3) is 4.72. The number of thioether (sulfide) groups is 1. The Morgan fingerprint density at radius 2 is 2.00 bits per heavy atom. The maximum absolute atomic E-state index is 12.9. The Bertz CT molecular complexity index is 1040. The molecule has 1 aliphatic heterocycles. The van der Waals surface area contributed by atoms with Crippen molar-refractivity contribution in [2.75, 3.05) is 13.2 Å². The van der Waals surface area contributed by atoms with Crippen molar-refractivity contribution in [3.63, 3.8) is 0 Å². The summed E-state index contributed by atoms with van der Waals surface area (Å²) in [6.45, 7) is 6.21. The Kier molecular flexibility index (Phi) is 6.58. The molecule has 0 radical (unpaired) electrons. The van der Waals surface area contributed by atoms with Gasteiger partial charge in [-0.3, -0.25) is 9.69 Å². The van der Waals surface area contributed by atoms with Gasteiger partial charge in [0.2, 0.25) is 0 Å². The topological polar surface area (TPSA) is 99.4 Å². The van der Waals surface area contributed by atoms with Crippen LogP contribution in [0, 0.1) is 0 Å². The van der Waals surface area contributed by atoms with E-state index in [1.54, 1.807) is 36.4 Å². The molecular weight excluding hydrogens is 404 g/mol. The van der Waals surface area contributed by atoms with Crippen LogP contribution in [0.3, 0.4) is 0 Å². The van der Waals surface area contributed by atoms with Crippen LogP contribution in [0.5, 0.6) is 11.5 Å². The summed E-state index contributed by atoms with van der Waals surface area (Å²) in [6, 6.07) is 11.0. The van der Waals surface area contributed by atoms with Gasteiger partial charge < -0.3 is 14.9 Å². The summed E-state index contributed by atoms with van der Waals surface area (Å²) in [5.74, 6) is -0.854. The van der Waals surface area contributed by atoms with E-state index in [4.69, 9.17) is 9.84 Å². The average molecular weight is 424 g/mol. The number of carboxylic acids is 1. The molecule has 1 aliphatic rings. The molecule has 0 saturated carbocycles. The van der Waals surface area contributed by atoms with Crippen LogP contribution in [0.2, 0.25) is 0 Å². The number of phenols is 1.